The summed E-state index contributed by atoms with van der Waals surface area (Å²) < 4.78 is 0. The first-order chi connectivity index (χ1) is 11.0. The number of nitrogens with zero attached hydrogens (tertiary/aromatic N) is 2. The van der Waals surface area contributed by atoms with E-state index in [1.807, 2.05) is 7.05 Å². The van der Waals surface area contributed by atoms with Crippen LogP contribution >= 0.6 is 24.0 Å². The molecule has 1 fully saturated rings. The summed E-state index contributed by atoms with van der Waals surface area (Å²) in [5.74, 6) is 1.64. The van der Waals surface area contributed by atoms with Gasteiger partial charge in [0.2, 0.25) is 0 Å². The van der Waals surface area contributed by atoms with Crippen LogP contribution in [-0.4, -0.2) is 50.6 Å². The number of rotatable bonds is 6. The lowest BCUT2D eigenvalue weighted by molar-refractivity contribution is 0.341. The Labute approximate surface area is 164 Å². The summed E-state index contributed by atoms with van der Waals surface area (Å²) in [7, 11) is 1.85. The molecule has 1 aromatic rings. The lowest BCUT2D eigenvalue weighted by atomic mass is 9.85. The van der Waals surface area contributed by atoms with Crippen molar-refractivity contribution in [2.24, 2.45) is 10.9 Å². The molecule has 5 heteroatoms. The molecule has 1 unspecified atom stereocenters. The van der Waals surface area contributed by atoms with Crippen molar-refractivity contribution in [1.29, 1.82) is 0 Å². The predicted octanol–water partition coefficient (Wildman–Crippen LogP) is 3.09. The SMILES string of the molecule is CCN1CCC(CNC(=NC)NCC(C)(C)c2ccccc2)C1.I. The van der Waals surface area contributed by atoms with Gasteiger partial charge in [0.05, 0.1) is 0 Å². The third-order valence-corrected chi connectivity index (χ3v) is 4.85. The first-order valence-corrected chi connectivity index (χ1v) is 8.77. The minimum Gasteiger partial charge on any atom is -0.356 e. The zero-order valence-electron chi connectivity index (χ0n) is 15.5. The molecule has 24 heavy (non-hydrogen) atoms. The van der Waals surface area contributed by atoms with Crippen LogP contribution in [0.4, 0.5) is 0 Å². The Bertz CT molecular complexity index is 501. The molecule has 1 atom stereocenters. The summed E-state index contributed by atoms with van der Waals surface area (Å²) in [6, 6.07) is 10.6. The van der Waals surface area contributed by atoms with Crippen molar-refractivity contribution >= 4 is 29.9 Å². The largest absolute Gasteiger partial charge is 0.356 e. The van der Waals surface area contributed by atoms with Crippen LogP contribution in [0.1, 0.15) is 32.8 Å². The van der Waals surface area contributed by atoms with Crippen molar-refractivity contribution in [2.45, 2.75) is 32.6 Å². The first kappa shape index (κ1) is 21.2. The van der Waals surface area contributed by atoms with Crippen LogP contribution in [0.25, 0.3) is 0 Å². The van der Waals surface area contributed by atoms with E-state index < -0.39 is 0 Å². The molecule has 2 rings (SSSR count). The third kappa shape index (κ3) is 6.24. The highest BCUT2D eigenvalue weighted by Gasteiger charge is 2.22. The van der Waals surface area contributed by atoms with Gasteiger partial charge >= 0.3 is 0 Å². The quantitative estimate of drug-likeness (QED) is 0.403. The molecular formula is C19H33IN4. The average molecular weight is 444 g/mol. The van der Waals surface area contributed by atoms with Crippen LogP contribution in [0.15, 0.2) is 35.3 Å². The van der Waals surface area contributed by atoms with Crippen LogP contribution in [0.5, 0.6) is 0 Å². The van der Waals surface area contributed by atoms with Gasteiger partial charge in [-0.2, -0.15) is 0 Å². The molecule has 0 aromatic heterocycles. The van der Waals surface area contributed by atoms with Gasteiger partial charge in [0.25, 0.3) is 0 Å². The second-order valence-electron chi connectivity index (χ2n) is 7.10. The monoisotopic (exact) mass is 444 g/mol. The normalized spacial score (nSPS) is 19.0. The fourth-order valence-corrected chi connectivity index (χ4v) is 3.12. The summed E-state index contributed by atoms with van der Waals surface area (Å²) in [4.78, 5) is 6.88. The van der Waals surface area contributed by atoms with Gasteiger partial charge in [0.1, 0.15) is 0 Å². The summed E-state index contributed by atoms with van der Waals surface area (Å²) in [6.07, 6.45) is 1.29. The van der Waals surface area contributed by atoms with E-state index in [0.717, 1.165) is 31.5 Å². The molecule has 0 aliphatic carbocycles. The summed E-state index contributed by atoms with van der Waals surface area (Å²) in [5.41, 5.74) is 1.42. The minimum absolute atomic E-state index is 0. The lowest BCUT2D eigenvalue weighted by Gasteiger charge is -2.27. The summed E-state index contributed by atoms with van der Waals surface area (Å²) >= 11 is 0. The van der Waals surface area contributed by atoms with Crippen molar-refractivity contribution in [2.75, 3.05) is 39.8 Å². The van der Waals surface area contributed by atoms with Crippen LogP contribution in [-0.2, 0) is 5.41 Å². The lowest BCUT2D eigenvalue weighted by Crippen LogP contribution is -2.45. The van der Waals surface area contributed by atoms with E-state index in [1.165, 1.54) is 25.1 Å². The van der Waals surface area contributed by atoms with E-state index in [2.05, 4.69) is 71.6 Å². The average Bonchev–Trinajstić information content (AvgIpc) is 3.04. The maximum Gasteiger partial charge on any atom is 0.191 e. The highest BCUT2D eigenvalue weighted by molar-refractivity contribution is 14.0. The van der Waals surface area contributed by atoms with E-state index in [1.54, 1.807) is 0 Å². The molecular weight excluding hydrogens is 411 g/mol. The molecule has 4 nitrogen and oxygen atoms in total. The molecule has 0 bridgehead atoms. The number of guanidine groups is 1. The molecule has 1 aliphatic heterocycles. The maximum atomic E-state index is 4.37. The van der Waals surface area contributed by atoms with Crippen LogP contribution in [0.2, 0.25) is 0 Å². The topological polar surface area (TPSA) is 39.7 Å². The van der Waals surface area contributed by atoms with Crippen LogP contribution < -0.4 is 10.6 Å². The van der Waals surface area contributed by atoms with E-state index in [-0.39, 0.29) is 29.4 Å². The molecule has 0 amide bonds. The highest BCUT2D eigenvalue weighted by Crippen LogP contribution is 2.21. The number of nitrogens with one attached hydrogen (secondary N) is 2. The van der Waals surface area contributed by atoms with E-state index >= 15 is 0 Å². The van der Waals surface area contributed by atoms with Gasteiger partial charge in [-0.3, -0.25) is 4.99 Å². The van der Waals surface area contributed by atoms with E-state index in [4.69, 9.17) is 0 Å². The Morgan fingerprint density at radius 2 is 1.96 bits per heavy atom. The number of hydrogen-bond acceptors (Lipinski definition) is 2. The molecule has 0 radical (unpaired) electrons. The Hall–Kier alpha value is -0.820. The molecule has 1 aromatic carbocycles. The van der Waals surface area contributed by atoms with Crippen molar-refractivity contribution in [3.05, 3.63) is 35.9 Å². The fraction of sp³-hybridized carbons (Fsp3) is 0.632. The second kappa shape index (κ2) is 10.2. The molecule has 0 saturated carbocycles. The van der Waals surface area contributed by atoms with Gasteiger partial charge in [0.15, 0.2) is 5.96 Å². The van der Waals surface area contributed by atoms with Gasteiger partial charge in [-0.15, -0.1) is 24.0 Å². The van der Waals surface area contributed by atoms with Crippen LogP contribution in [0, 0.1) is 5.92 Å². The van der Waals surface area contributed by atoms with Crippen molar-refractivity contribution < 1.29 is 0 Å². The minimum atomic E-state index is 0. The predicted molar refractivity (Wildman–Crippen MR) is 114 cm³/mol. The maximum absolute atomic E-state index is 4.37. The highest BCUT2D eigenvalue weighted by atomic mass is 127. The standard InChI is InChI=1S/C19H32N4.HI/c1-5-23-12-11-16(14-23)13-21-18(20-4)22-15-19(2,3)17-9-7-6-8-10-17;/h6-10,16H,5,11-15H2,1-4H3,(H2,20,21,22);1H. The number of likely N-dealkylation sites (tertiary alicyclic amines) is 1. The van der Waals surface area contributed by atoms with Crippen molar-refractivity contribution in [3.63, 3.8) is 0 Å². The number of aliphatic imine (C=N–C) groups is 1. The molecule has 136 valence electrons. The zero-order valence-corrected chi connectivity index (χ0v) is 17.8. The van der Waals surface area contributed by atoms with Gasteiger partial charge in [0, 0.05) is 32.1 Å². The third-order valence-electron chi connectivity index (χ3n) is 4.85. The van der Waals surface area contributed by atoms with E-state index in [0.29, 0.717) is 0 Å². The first-order valence-electron chi connectivity index (χ1n) is 8.77. The van der Waals surface area contributed by atoms with Crippen molar-refractivity contribution in [1.82, 2.24) is 15.5 Å². The van der Waals surface area contributed by atoms with Gasteiger partial charge < -0.3 is 15.5 Å². The molecule has 1 aliphatic rings. The van der Waals surface area contributed by atoms with Crippen molar-refractivity contribution in [3.8, 4) is 0 Å². The smallest absolute Gasteiger partial charge is 0.191 e. The van der Waals surface area contributed by atoms with Crippen LogP contribution in [0.3, 0.4) is 0 Å². The molecule has 1 heterocycles. The summed E-state index contributed by atoms with van der Waals surface area (Å²) in [5, 5.41) is 6.97. The number of hydrogen-bond donors (Lipinski definition) is 2. The Balaban J connectivity index is 0.00000288. The Morgan fingerprint density at radius 1 is 1.25 bits per heavy atom. The molecule has 0 spiro atoms. The number of benzene rings is 1. The Morgan fingerprint density at radius 3 is 2.54 bits per heavy atom. The Kier molecular flexibility index (Phi) is 9.05. The summed E-state index contributed by atoms with van der Waals surface area (Å²) in [6.45, 7) is 12.2. The van der Waals surface area contributed by atoms with Gasteiger partial charge in [-0.1, -0.05) is 51.1 Å². The van der Waals surface area contributed by atoms with Gasteiger partial charge in [-0.05, 0) is 31.0 Å². The molecule has 1 saturated heterocycles. The molecule has 2 N–H and O–H groups in total. The van der Waals surface area contributed by atoms with E-state index in [9.17, 15) is 0 Å². The van der Waals surface area contributed by atoms with Gasteiger partial charge in [-0.25, -0.2) is 0 Å². The number of halogens is 1. The second-order valence-corrected chi connectivity index (χ2v) is 7.10. The zero-order chi connectivity index (χ0) is 16.7. The fourth-order valence-electron chi connectivity index (χ4n) is 3.12.